The number of ether oxygens (including phenoxy) is 3. The summed E-state index contributed by atoms with van der Waals surface area (Å²) in [6.07, 6.45) is 2.25. The van der Waals surface area contributed by atoms with Crippen molar-refractivity contribution in [3.05, 3.63) is 66.1 Å². The van der Waals surface area contributed by atoms with Gasteiger partial charge in [0.1, 0.15) is 12.4 Å². The summed E-state index contributed by atoms with van der Waals surface area (Å²) in [7, 11) is 0. The van der Waals surface area contributed by atoms with Crippen LogP contribution < -0.4 is 4.74 Å². The Bertz CT molecular complexity index is 902. The molecule has 7 heteroatoms. The first kappa shape index (κ1) is 18.2. The Morgan fingerprint density at radius 3 is 2.68 bits per heavy atom. The third-order valence-corrected chi connectivity index (χ3v) is 4.38. The van der Waals surface area contributed by atoms with Crippen molar-refractivity contribution in [2.45, 2.75) is 25.6 Å². The van der Waals surface area contributed by atoms with Crippen LogP contribution in [0.15, 0.2) is 59.1 Å². The van der Waals surface area contributed by atoms with Crippen LogP contribution in [0.5, 0.6) is 5.75 Å². The van der Waals surface area contributed by atoms with E-state index < -0.39 is 5.97 Å². The van der Waals surface area contributed by atoms with Crippen LogP contribution >= 0.6 is 0 Å². The molecular weight excluding hydrogens is 360 g/mol. The summed E-state index contributed by atoms with van der Waals surface area (Å²) >= 11 is 0. The third kappa shape index (κ3) is 4.55. The molecule has 1 saturated heterocycles. The molecule has 0 amide bonds. The maximum absolute atomic E-state index is 12.2. The number of esters is 1. The summed E-state index contributed by atoms with van der Waals surface area (Å²) < 4.78 is 21.6. The summed E-state index contributed by atoms with van der Waals surface area (Å²) in [5.41, 5.74) is 1.26. The van der Waals surface area contributed by atoms with Gasteiger partial charge in [-0.3, -0.25) is 0 Å². The van der Waals surface area contributed by atoms with Gasteiger partial charge in [0.25, 0.3) is 5.89 Å². The van der Waals surface area contributed by atoms with E-state index in [1.54, 1.807) is 24.3 Å². The number of carbonyl (C=O) groups excluding carboxylic acids is 1. The molecule has 0 aliphatic carbocycles. The fraction of sp³-hybridized carbons (Fsp3) is 0.286. The minimum atomic E-state index is -0.467. The van der Waals surface area contributed by atoms with Crippen molar-refractivity contribution in [1.82, 2.24) is 10.1 Å². The van der Waals surface area contributed by atoms with Gasteiger partial charge >= 0.3 is 5.97 Å². The Kier molecular flexibility index (Phi) is 5.63. The molecule has 2 heterocycles. The fourth-order valence-electron chi connectivity index (χ4n) is 2.88. The van der Waals surface area contributed by atoms with Crippen LogP contribution in [0.2, 0.25) is 0 Å². The molecule has 2 aromatic carbocycles. The van der Waals surface area contributed by atoms with Gasteiger partial charge in [-0.25, -0.2) is 4.79 Å². The zero-order chi connectivity index (χ0) is 19.2. The number of aromatic nitrogens is 2. The lowest BCUT2D eigenvalue weighted by Gasteiger charge is -2.11. The van der Waals surface area contributed by atoms with Crippen molar-refractivity contribution in [1.29, 1.82) is 0 Å². The number of hydrogen-bond donors (Lipinski definition) is 0. The first-order valence-electron chi connectivity index (χ1n) is 9.17. The molecule has 0 saturated carbocycles. The summed E-state index contributed by atoms with van der Waals surface area (Å²) in [6, 6.07) is 16.3. The Morgan fingerprint density at radius 1 is 1.11 bits per heavy atom. The van der Waals surface area contributed by atoms with Gasteiger partial charge in [-0.2, -0.15) is 4.98 Å². The predicted octanol–water partition coefficient (Wildman–Crippen LogP) is 3.65. The molecule has 0 unspecified atom stereocenters. The van der Waals surface area contributed by atoms with E-state index in [9.17, 15) is 4.79 Å². The van der Waals surface area contributed by atoms with Crippen LogP contribution in [0.25, 0.3) is 11.4 Å². The number of benzene rings is 2. The molecule has 0 N–H and O–H groups in total. The highest BCUT2D eigenvalue weighted by molar-refractivity contribution is 5.89. The van der Waals surface area contributed by atoms with Gasteiger partial charge in [0.2, 0.25) is 5.82 Å². The quantitative estimate of drug-likeness (QED) is 0.579. The molecule has 0 spiro atoms. The fourth-order valence-corrected chi connectivity index (χ4v) is 2.88. The molecule has 3 aromatic rings. The highest BCUT2D eigenvalue weighted by atomic mass is 16.6. The van der Waals surface area contributed by atoms with Gasteiger partial charge in [0, 0.05) is 12.2 Å². The van der Waals surface area contributed by atoms with Crippen LogP contribution in [0.4, 0.5) is 0 Å². The maximum atomic E-state index is 12.2. The highest BCUT2D eigenvalue weighted by Crippen LogP contribution is 2.18. The maximum Gasteiger partial charge on any atom is 0.338 e. The molecule has 144 valence electrons. The molecule has 0 radical (unpaired) electrons. The molecule has 1 aliphatic rings. The van der Waals surface area contributed by atoms with Crippen molar-refractivity contribution < 1.29 is 23.5 Å². The van der Waals surface area contributed by atoms with Gasteiger partial charge in [0.15, 0.2) is 6.61 Å². The van der Waals surface area contributed by atoms with Gasteiger partial charge in [0.05, 0.1) is 11.7 Å². The first-order chi connectivity index (χ1) is 13.8. The monoisotopic (exact) mass is 380 g/mol. The second-order valence-corrected chi connectivity index (χ2v) is 6.42. The molecular formula is C21H20N2O5. The summed E-state index contributed by atoms with van der Waals surface area (Å²) in [6.45, 7) is 1.23. The van der Waals surface area contributed by atoms with Crippen LogP contribution in [0.1, 0.15) is 29.1 Å². The lowest BCUT2D eigenvalue weighted by Crippen LogP contribution is -2.16. The number of hydrogen-bond acceptors (Lipinski definition) is 7. The lowest BCUT2D eigenvalue weighted by atomic mass is 10.2. The Balaban J connectivity index is 1.28. The molecule has 1 aliphatic heterocycles. The largest absolute Gasteiger partial charge is 0.491 e. The normalized spacial score (nSPS) is 16.1. The molecule has 0 bridgehead atoms. The standard InChI is InChI=1S/C21H20N2O5/c24-21(16-8-10-17(11-9-16)26-13-18-7-4-12-25-18)27-14-19-22-20(23-28-19)15-5-2-1-3-6-15/h1-3,5-6,8-11,18H,4,7,12-14H2/t18-/m1/s1. The van der Waals surface area contributed by atoms with Crippen LogP contribution in [0, 0.1) is 0 Å². The van der Waals surface area contributed by atoms with E-state index in [-0.39, 0.29) is 18.6 Å². The lowest BCUT2D eigenvalue weighted by molar-refractivity contribution is 0.0429. The Hall–Kier alpha value is -3.19. The minimum Gasteiger partial charge on any atom is -0.491 e. The van der Waals surface area contributed by atoms with E-state index in [1.165, 1.54) is 0 Å². The second-order valence-electron chi connectivity index (χ2n) is 6.42. The molecule has 28 heavy (non-hydrogen) atoms. The van der Waals surface area contributed by atoms with Gasteiger partial charge < -0.3 is 18.7 Å². The smallest absolute Gasteiger partial charge is 0.338 e. The first-order valence-corrected chi connectivity index (χ1v) is 9.17. The Morgan fingerprint density at radius 2 is 1.93 bits per heavy atom. The number of rotatable bonds is 7. The zero-order valence-corrected chi connectivity index (χ0v) is 15.2. The van der Waals surface area contributed by atoms with Crippen molar-refractivity contribution in [3.8, 4) is 17.1 Å². The molecule has 4 rings (SSSR count). The minimum absolute atomic E-state index is 0.0874. The van der Waals surface area contributed by atoms with Crippen LogP contribution in [0.3, 0.4) is 0 Å². The summed E-state index contributed by atoms with van der Waals surface area (Å²) in [4.78, 5) is 16.4. The van der Waals surface area contributed by atoms with Crippen molar-refractivity contribution in [2.24, 2.45) is 0 Å². The van der Waals surface area contributed by atoms with Crippen molar-refractivity contribution in [2.75, 3.05) is 13.2 Å². The van der Waals surface area contributed by atoms with E-state index in [1.807, 2.05) is 30.3 Å². The second kappa shape index (κ2) is 8.67. The number of carbonyl (C=O) groups is 1. The van der Waals surface area contributed by atoms with E-state index in [0.29, 0.717) is 23.7 Å². The van der Waals surface area contributed by atoms with E-state index in [4.69, 9.17) is 18.7 Å². The predicted molar refractivity (Wildman–Crippen MR) is 99.8 cm³/mol. The van der Waals surface area contributed by atoms with Crippen LogP contribution in [-0.4, -0.2) is 35.4 Å². The summed E-state index contributed by atoms with van der Waals surface area (Å²) in [5, 5.41) is 3.90. The SMILES string of the molecule is O=C(OCc1nc(-c2ccccc2)no1)c1ccc(OC[C@H]2CCCO2)cc1. The zero-order valence-electron chi connectivity index (χ0n) is 15.2. The van der Waals surface area contributed by atoms with Crippen molar-refractivity contribution in [3.63, 3.8) is 0 Å². The van der Waals surface area contributed by atoms with E-state index >= 15 is 0 Å². The average molecular weight is 380 g/mol. The highest BCUT2D eigenvalue weighted by Gasteiger charge is 2.16. The van der Waals surface area contributed by atoms with Gasteiger partial charge in [-0.1, -0.05) is 35.5 Å². The van der Waals surface area contributed by atoms with E-state index in [2.05, 4.69) is 10.1 Å². The third-order valence-electron chi connectivity index (χ3n) is 4.38. The van der Waals surface area contributed by atoms with Gasteiger partial charge in [-0.05, 0) is 37.1 Å². The Labute approximate surface area is 162 Å². The van der Waals surface area contributed by atoms with Gasteiger partial charge in [-0.15, -0.1) is 0 Å². The van der Waals surface area contributed by atoms with E-state index in [0.717, 1.165) is 25.0 Å². The van der Waals surface area contributed by atoms with Crippen LogP contribution in [-0.2, 0) is 16.1 Å². The summed E-state index contributed by atoms with van der Waals surface area (Å²) in [5.74, 6) is 0.921. The number of nitrogens with zero attached hydrogens (tertiary/aromatic N) is 2. The topological polar surface area (TPSA) is 83.7 Å². The average Bonchev–Trinajstić information content (AvgIpc) is 3.44. The molecule has 1 fully saturated rings. The molecule has 1 atom stereocenters. The molecule has 1 aromatic heterocycles. The van der Waals surface area contributed by atoms with Crippen molar-refractivity contribution >= 4 is 5.97 Å². The molecule has 7 nitrogen and oxygen atoms in total.